The highest BCUT2D eigenvalue weighted by Crippen LogP contribution is 2.44. The Morgan fingerprint density at radius 1 is 0.400 bits per heavy atom. The number of halogens is 6. The van der Waals surface area contributed by atoms with Gasteiger partial charge in [-0.2, -0.15) is 36.9 Å². The van der Waals surface area contributed by atoms with Gasteiger partial charge in [0.2, 0.25) is 0 Å². The number of hydrogen-bond donors (Lipinski definition) is 0. The molecule has 7 aromatic carbocycles. The molecule has 60 heavy (non-hydrogen) atoms. The minimum atomic E-state index is -4.99. The van der Waals surface area contributed by atoms with Crippen molar-refractivity contribution >= 4 is 32.7 Å². The molecule has 0 amide bonds. The molecule has 0 N–H and O–H groups in total. The summed E-state index contributed by atoms with van der Waals surface area (Å²) in [6.45, 7) is 0. The topological polar surface area (TPSA) is 86.2 Å². The molecule has 0 saturated heterocycles. The van der Waals surface area contributed by atoms with Crippen molar-refractivity contribution in [3.8, 4) is 68.2 Å². The standard InChI is InChI=1S/C49H25F6N5/c50-48(51,52)36-22-35(23-37(24-36)49(53,54)55)30-18-20-32(21-19-30)43-40-25-39(31-6-2-1-3-7-31)46-47(42(40)38-8-4-5-9-41(38)58-43)60-45(34-16-12-29(27-57)13-17-34)44(59-46)33-14-10-28(26-56)11-15-33/h1-25H. The van der Waals surface area contributed by atoms with Gasteiger partial charge in [-0.3, -0.25) is 0 Å². The van der Waals surface area contributed by atoms with Gasteiger partial charge in [-0.15, -0.1) is 0 Å². The van der Waals surface area contributed by atoms with Crippen LogP contribution < -0.4 is 0 Å². The lowest BCUT2D eigenvalue weighted by Crippen LogP contribution is -2.11. The van der Waals surface area contributed by atoms with E-state index < -0.39 is 23.5 Å². The van der Waals surface area contributed by atoms with Crippen LogP contribution in [0.25, 0.3) is 88.7 Å². The summed E-state index contributed by atoms with van der Waals surface area (Å²) in [6.07, 6.45) is -9.98. The second-order valence-electron chi connectivity index (χ2n) is 14.1. The SMILES string of the molecule is N#Cc1ccc(-c2nc3c(-c4ccccc4)cc4c(-c5ccc(-c6cc(C(F)(F)F)cc(C(F)(F)F)c6)cc5)nc5ccccc5c4c3nc2-c2ccc(C#N)cc2)cc1. The lowest BCUT2D eigenvalue weighted by molar-refractivity contribution is -0.143. The average molecular weight is 798 g/mol. The number of aromatic nitrogens is 3. The van der Waals surface area contributed by atoms with E-state index in [1.54, 1.807) is 48.5 Å². The zero-order valence-corrected chi connectivity index (χ0v) is 30.9. The number of alkyl halides is 6. The lowest BCUT2D eigenvalue weighted by Gasteiger charge is -2.18. The molecule has 288 valence electrons. The summed E-state index contributed by atoms with van der Waals surface area (Å²) in [5.74, 6) is 0. The van der Waals surface area contributed by atoms with E-state index in [9.17, 15) is 36.9 Å². The van der Waals surface area contributed by atoms with Crippen LogP contribution in [0.15, 0.2) is 152 Å². The highest BCUT2D eigenvalue weighted by molar-refractivity contribution is 6.24. The molecule has 0 aliphatic rings. The number of pyridine rings is 1. The molecule has 5 nitrogen and oxygen atoms in total. The van der Waals surface area contributed by atoms with E-state index in [0.29, 0.717) is 79.0 Å². The van der Waals surface area contributed by atoms with Crippen LogP contribution in [-0.4, -0.2) is 15.0 Å². The third kappa shape index (κ3) is 6.82. The summed E-state index contributed by atoms with van der Waals surface area (Å²) in [7, 11) is 0. The molecule has 0 unspecified atom stereocenters. The first-order valence-electron chi connectivity index (χ1n) is 18.4. The van der Waals surface area contributed by atoms with Gasteiger partial charge in [0.15, 0.2) is 0 Å². The maximum Gasteiger partial charge on any atom is 0.416 e. The lowest BCUT2D eigenvalue weighted by atomic mass is 9.92. The number of nitrogens with zero attached hydrogens (tertiary/aromatic N) is 5. The van der Waals surface area contributed by atoms with E-state index in [2.05, 4.69) is 12.1 Å². The van der Waals surface area contributed by atoms with Crippen molar-refractivity contribution in [2.75, 3.05) is 0 Å². The van der Waals surface area contributed by atoms with Crippen LogP contribution in [-0.2, 0) is 12.4 Å². The first-order valence-corrected chi connectivity index (χ1v) is 18.4. The summed E-state index contributed by atoms with van der Waals surface area (Å²) in [6, 6.07) is 45.2. The van der Waals surface area contributed by atoms with E-state index in [-0.39, 0.29) is 17.2 Å². The molecule has 0 aliphatic carbocycles. The molecular formula is C49H25F6N5. The van der Waals surface area contributed by atoms with Gasteiger partial charge in [-0.25, -0.2) is 15.0 Å². The maximum absolute atomic E-state index is 13.8. The molecule has 0 fully saturated rings. The van der Waals surface area contributed by atoms with E-state index in [0.717, 1.165) is 21.9 Å². The van der Waals surface area contributed by atoms with Gasteiger partial charge in [0, 0.05) is 38.4 Å². The summed E-state index contributed by atoms with van der Waals surface area (Å²) in [5, 5.41) is 21.3. The second-order valence-corrected chi connectivity index (χ2v) is 14.1. The van der Waals surface area contributed by atoms with Gasteiger partial charge in [-0.05, 0) is 71.3 Å². The summed E-state index contributed by atoms with van der Waals surface area (Å²) >= 11 is 0. The van der Waals surface area contributed by atoms with Crippen molar-refractivity contribution in [3.05, 3.63) is 174 Å². The molecule has 0 saturated carbocycles. The van der Waals surface area contributed by atoms with Crippen LogP contribution in [0.5, 0.6) is 0 Å². The van der Waals surface area contributed by atoms with E-state index in [1.807, 2.05) is 72.8 Å². The van der Waals surface area contributed by atoms with Crippen LogP contribution in [0.3, 0.4) is 0 Å². The molecule has 2 aromatic heterocycles. The maximum atomic E-state index is 13.8. The molecule has 0 bridgehead atoms. The fourth-order valence-electron chi connectivity index (χ4n) is 7.44. The molecule has 9 aromatic rings. The Kier molecular flexibility index (Phi) is 9.10. The minimum absolute atomic E-state index is 0.112. The van der Waals surface area contributed by atoms with Crippen LogP contribution in [0.4, 0.5) is 26.3 Å². The Morgan fingerprint density at radius 2 is 0.883 bits per heavy atom. The van der Waals surface area contributed by atoms with Crippen molar-refractivity contribution in [2.24, 2.45) is 0 Å². The summed E-state index contributed by atoms with van der Waals surface area (Å²) in [4.78, 5) is 15.9. The average Bonchev–Trinajstić information content (AvgIpc) is 3.27. The van der Waals surface area contributed by atoms with Gasteiger partial charge in [0.05, 0.1) is 68.0 Å². The molecule has 0 aliphatic heterocycles. The number of nitriles is 2. The van der Waals surface area contributed by atoms with Gasteiger partial charge in [0.1, 0.15) is 0 Å². The first kappa shape index (κ1) is 37.7. The van der Waals surface area contributed by atoms with Crippen LogP contribution in [0, 0.1) is 22.7 Å². The second kappa shape index (κ2) is 14.5. The zero-order chi connectivity index (χ0) is 41.8. The Morgan fingerprint density at radius 3 is 1.43 bits per heavy atom. The predicted octanol–water partition coefficient (Wildman–Crippen LogP) is 13.4. The fraction of sp³-hybridized carbons (Fsp3) is 0.0408. The van der Waals surface area contributed by atoms with Crippen molar-refractivity contribution in [3.63, 3.8) is 0 Å². The smallest absolute Gasteiger partial charge is 0.247 e. The van der Waals surface area contributed by atoms with Crippen molar-refractivity contribution < 1.29 is 26.3 Å². The normalized spacial score (nSPS) is 11.8. The third-order valence-corrected chi connectivity index (χ3v) is 10.3. The molecule has 11 heteroatoms. The molecular weight excluding hydrogens is 773 g/mol. The number of hydrogen-bond acceptors (Lipinski definition) is 5. The van der Waals surface area contributed by atoms with Crippen LogP contribution >= 0.6 is 0 Å². The van der Waals surface area contributed by atoms with Crippen molar-refractivity contribution in [2.45, 2.75) is 12.4 Å². The number of para-hydroxylation sites is 1. The predicted molar refractivity (Wildman–Crippen MR) is 219 cm³/mol. The Labute approximate surface area is 338 Å². The van der Waals surface area contributed by atoms with E-state index in [1.165, 1.54) is 12.1 Å². The number of rotatable bonds is 5. The van der Waals surface area contributed by atoms with Crippen molar-refractivity contribution in [1.29, 1.82) is 10.5 Å². The highest BCUT2D eigenvalue weighted by atomic mass is 19.4. The fourth-order valence-corrected chi connectivity index (χ4v) is 7.44. The van der Waals surface area contributed by atoms with Gasteiger partial charge in [0.25, 0.3) is 0 Å². The quantitative estimate of drug-likeness (QED) is 0.128. The Hall–Kier alpha value is -7.89. The molecule has 0 atom stereocenters. The number of benzene rings is 7. The van der Waals surface area contributed by atoms with Crippen molar-refractivity contribution in [1.82, 2.24) is 15.0 Å². The first-order chi connectivity index (χ1) is 28.9. The molecule has 2 heterocycles. The highest BCUT2D eigenvalue weighted by Gasteiger charge is 2.37. The molecule has 0 spiro atoms. The van der Waals surface area contributed by atoms with Gasteiger partial charge in [-0.1, -0.05) is 97.1 Å². The Bertz CT molecular complexity index is 3190. The largest absolute Gasteiger partial charge is 0.416 e. The van der Waals surface area contributed by atoms with Gasteiger partial charge >= 0.3 is 12.4 Å². The van der Waals surface area contributed by atoms with Crippen LogP contribution in [0.2, 0.25) is 0 Å². The minimum Gasteiger partial charge on any atom is -0.247 e. The van der Waals surface area contributed by atoms with E-state index in [4.69, 9.17) is 15.0 Å². The number of fused-ring (bicyclic) bond motifs is 5. The summed E-state index contributed by atoms with van der Waals surface area (Å²) < 4.78 is 82.6. The van der Waals surface area contributed by atoms with Gasteiger partial charge < -0.3 is 0 Å². The third-order valence-electron chi connectivity index (χ3n) is 10.3. The molecule has 9 rings (SSSR count). The van der Waals surface area contributed by atoms with Crippen LogP contribution in [0.1, 0.15) is 22.3 Å². The molecule has 0 radical (unpaired) electrons. The monoisotopic (exact) mass is 797 g/mol. The Balaban J connectivity index is 1.34. The van der Waals surface area contributed by atoms with E-state index >= 15 is 0 Å². The summed E-state index contributed by atoms with van der Waals surface area (Å²) in [5.41, 5.74) is 4.90. The zero-order valence-electron chi connectivity index (χ0n) is 30.9.